The van der Waals surface area contributed by atoms with E-state index < -0.39 is 23.3 Å². The number of hydrogen-bond acceptors (Lipinski definition) is 9. The van der Waals surface area contributed by atoms with Crippen molar-refractivity contribution in [2.24, 2.45) is 0 Å². The van der Waals surface area contributed by atoms with Gasteiger partial charge in [-0.2, -0.15) is 0 Å². The second-order valence-corrected chi connectivity index (χ2v) is 13.8. The van der Waals surface area contributed by atoms with E-state index in [1.807, 2.05) is 0 Å². The summed E-state index contributed by atoms with van der Waals surface area (Å²) < 4.78 is 17.3. The number of phenols is 2. The van der Waals surface area contributed by atoms with Crippen molar-refractivity contribution in [2.75, 3.05) is 13.1 Å². The topological polar surface area (TPSA) is 173 Å². The van der Waals surface area contributed by atoms with Crippen LogP contribution in [0.2, 0.25) is 0 Å². The zero-order valence-corrected chi connectivity index (χ0v) is 29.2. The minimum Gasteiger partial charge on any atom is -0.508 e. The van der Waals surface area contributed by atoms with Gasteiger partial charge in [-0.3, -0.25) is 9.59 Å². The van der Waals surface area contributed by atoms with Gasteiger partial charge in [-0.05, 0) is 93.8 Å². The fourth-order valence-corrected chi connectivity index (χ4v) is 6.31. The monoisotopic (exact) mass is 707 g/mol. The quantitative estimate of drug-likeness (QED) is 0.0872. The summed E-state index contributed by atoms with van der Waals surface area (Å²) in [6, 6.07) is 20.8. The molecule has 5 N–H and O–H groups in total. The Balaban J connectivity index is 0.978. The third-order valence-electron chi connectivity index (χ3n) is 8.76. The van der Waals surface area contributed by atoms with Crippen molar-refractivity contribution in [2.45, 2.75) is 64.2 Å². The van der Waals surface area contributed by atoms with E-state index in [-0.39, 0.29) is 34.8 Å². The van der Waals surface area contributed by atoms with E-state index in [4.69, 9.17) is 14.2 Å². The average Bonchev–Trinajstić information content (AvgIpc) is 3.38. The molecule has 0 atom stereocenters. The first kappa shape index (κ1) is 35.8. The molecule has 6 rings (SSSR count). The minimum atomic E-state index is -1.45. The summed E-state index contributed by atoms with van der Waals surface area (Å²) in [7, 11) is 0. The van der Waals surface area contributed by atoms with Crippen LogP contribution in [0.5, 0.6) is 23.0 Å². The molecule has 1 spiro atoms. The molecule has 2 aliphatic heterocycles. The summed E-state index contributed by atoms with van der Waals surface area (Å²) in [5.74, 6) is -0.627. The molecule has 52 heavy (non-hydrogen) atoms. The Hall–Kier alpha value is -6.04. The SMILES string of the molecule is CC(C)(C)OC(=O)NCc1ccc(C(=O)NCCCCCCNC(=O)c2ccc3c(c2)C2(OC3=O)c3ccc(O)cc3Oc3cc(O)ccc32)cc1. The predicted molar refractivity (Wildman–Crippen MR) is 191 cm³/mol. The molecule has 0 saturated heterocycles. The number of ether oxygens (including phenoxy) is 3. The van der Waals surface area contributed by atoms with Crippen molar-refractivity contribution in [3.05, 3.63) is 118 Å². The standard InChI is InChI=1S/C40H41N3O9/c1-39(2,3)52-38(49)43-23-24-8-10-25(11-9-24)35(46)41-18-6-4-5-7-19-42-36(47)26-12-15-29-32(20-26)40(51-37(29)48)30-16-13-27(44)21-33(30)50-34-22-28(45)14-17-31(34)40/h8-17,20-22,44-45H,4-7,18-19,23H2,1-3H3,(H,41,46)(H,42,47)(H,43,49). The molecule has 0 fully saturated rings. The molecule has 12 nitrogen and oxygen atoms in total. The highest BCUT2D eigenvalue weighted by Crippen LogP contribution is 2.57. The van der Waals surface area contributed by atoms with E-state index in [1.54, 1.807) is 75.4 Å². The molecule has 0 unspecified atom stereocenters. The third kappa shape index (κ3) is 7.65. The summed E-state index contributed by atoms with van der Waals surface area (Å²) >= 11 is 0. The molecule has 0 bridgehead atoms. The van der Waals surface area contributed by atoms with Crippen molar-refractivity contribution in [3.8, 4) is 23.0 Å². The van der Waals surface area contributed by atoms with E-state index in [0.29, 0.717) is 53.0 Å². The van der Waals surface area contributed by atoms with Gasteiger partial charge in [0.25, 0.3) is 11.8 Å². The first-order chi connectivity index (χ1) is 24.8. The van der Waals surface area contributed by atoms with Gasteiger partial charge in [0.2, 0.25) is 0 Å². The molecular formula is C40H41N3O9. The molecule has 12 heteroatoms. The van der Waals surface area contributed by atoms with Gasteiger partial charge in [0.15, 0.2) is 5.60 Å². The molecule has 2 heterocycles. The normalized spacial score (nSPS) is 13.6. The van der Waals surface area contributed by atoms with Crippen LogP contribution in [0.3, 0.4) is 0 Å². The Kier molecular flexibility index (Phi) is 10.1. The summed E-state index contributed by atoms with van der Waals surface area (Å²) in [4.78, 5) is 50.9. The van der Waals surface area contributed by atoms with Crippen LogP contribution in [0.15, 0.2) is 78.9 Å². The van der Waals surface area contributed by atoms with Crippen molar-refractivity contribution < 1.29 is 43.6 Å². The lowest BCUT2D eigenvalue weighted by molar-refractivity contribution is 0.0223. The van der Waals surface area contributed by atoms with E-state index in [9.17, 15) is 29.4 Å². The summed E-state index contributed by atoms with van der Waals surface area (Å²) in [6.45, 7) is 6.64. The van der Waals surface area contributed by atoms with E-state index >= 15 is 0 Å². The number of rotatable bonds is 11. The molecule has 2 aliphatic rings. The lowest BCUT2D eigenvalue weighted by Gasteiger charge is -2.36. The van der Waals surface area contributed by atoms with Crippen LogP contribution in [0.1, 0.15) is 99.8 Å². The zero-order valence-electron chi connectivity index (χ0n) is 29.2. The molecule has 0 aliphatic carbocycles. The third-order valence-corrected chi connectivity index (χ3v) is 8.76. The maximum absolute atomic E-state index is 13.3. The first-order valence-electron chi connectivity index (χ1n) is 17.2. The maximum atomic E-state index is 13.3. The highest BCUT2D eigenvalue weighted by Gasteiger charge is 2.54. The highest BCUT2D eigenvalue weighted by molar-refractivity contribution is 6.00. The van der Waals surface area contributed by atoms with Crippen LogP contribution in [0, 0.1) is 0 Å². The Bertz CT molecular complexity index is 1970. The summed E-state index contributed by atoms with van der Waals surface area (Å²) in [6.07, 6.45) is 2.72. The summed E-state index contributed by atoms with van der Waals surface area (Å²) in [5.41, 5.74) is 1.41. The Labute approximate surface area is 301 Å². The molecule has 0 aromatic heterocycles. The van der Waals surface area contributed by atoms with Crippen molar-refractivity contribution in [1.29, 1.82) is 0 Å². The molecule has 0 radical (unpaired) electrons. The van der Waals surface area contributed by atoms with Gasteiger partial charge >= 0.3 is 12.1 Å². The molecule has 3 amide bonds. The second kappa shape index (κ2) is 14.7. The zero-order chi connectivity index (χ0) is 37.0. The van der Waals surface area contributed by atoms with Crippen LogP contribution in [-0.4, -0.2) is 52.8 Å². The van der Waals surface area contributed by atoms with Gasteiger partial charge in [0, 0.05) is 59.6 Å². The Morgan fingerprint density at radius 1 is 0.692 bits per heavy atom. The predicted octanol–water partition coefficient (Wildman–Crippen LogP) is 6.41. The number of nitrogens with one attached hydrogen (secondary N) is 3. The van der Waals surface area contributed by atoms with Gasteiger partial charge in [-0.15, -0.1) is 0 Å². The van der Waals surface area contributed by atoms with Crippen LogP contribution in [-0.2, 0) is 21.6 Å². The number of alkyl carbamates (subject to hydrolysis) is 1. The molecule has 270 valence electrons. The molecular weight excluding hydrogens is 666 g/mol. The number of carbonyl (C=O) groups excluding carboxylic acids is 4. The fraction of sp³-hybridized carbons (Fsp3) is 0.300. The van der Waals surface area contributed by atoms with Crippen molar-refractivity contribution in [3.63, 3.8) is 0 Å². The Morgan fingerprint density at radius 3 is 1.83 bits per heavy atom. The highest BCUT2D eigenvalue weighted by atomic mass is 16.6. The van der Waals surface area contributed by atoms with Crippen molar-refractivity contribution in [1.82, 2.24) is 16.0 Å². The average molecular weight is 708 g/mol. The number of fused-ring (bicyclic) bond motifs is 6. The van der Waals surface area contributed by atoms with Crippen LogP contribution < -0.4 is 20.7 Å². The van der Waals surface area contributed by atoms with Crippen LogP contribution in [0.25, 0.3) is 0 Å². The number of hydrogen-bond donors (Lipinski definition) is 5. The van der Waals surface area contributed by atoms with Gasteiger partial charge in [-0.1, -0.05) is 25.0 Å². The number of aromatic hydroxyl groups is 2. The smallest absolute Gasteiger partial charge is 0.407 e. The van der Waals surface area contributed by atoms with E-state index in [0.717, 1.165) is 31.2 Å². The number of phenolic OH excluding ortho intramolecular Hbond substituents is 2. The second-order valence-electron chi connectivity index (χ2n) is 13.8. The largest absolute Gasteiger partial charge is 0.508 e. The molecule has 4 aromatic rings. The lowest BCUT2D eigenvalue weighted by Crippen LogP contribution is -2.33. The van der Waals surface area contributed by atoms with Gasteiger partial charge < -0.3 is 40.4 Å². The van der Waals surface area contributed by atoms with E-state index in [2.05, 4.69) is 16.0 Å². The summed E-state index contributed by atoms with van der Waals surface area (Å²) in [5, 5.41) is 28.9. The number of unbranched alkanes of at least 4 members (excludes halogenated alkanes) is 3. The van der Waals surface area contributed by atoms with Gasteiger partial charge in [0.1, 0.15) is 28.6 Å². The number of esters is 1. The number of amides is 3. The minimum absolute atomic E-state index is 0.0468. The van der Waals surface area contributed by atoms with Crippen LogP contribution in [0.4, 0.5) is 4.79 Å². The fourth-order valence-electron chi connectivity index (χ4n) is 6.31. The Morgan fingerprint density at radius 2 is 1.25 bits per heavy atom. The van der Waals surface area contributed by atoms with Gasteiger partial charge in [-0.25, -0.2) is 9.59 Å². The van der Waals surface area contributed by atoms with Crippen LogP contribution >= 0.6 is 0 Å². The number of benzene rings is 4. The maximum Gasteiger partial charge on any atom is 0.407 e. The van der Waals surface area contributed by atoms with Gasteiger partial charge in [0.05, 0.1) is 5.56 Å². The van der Waals surface area contributed by atoms with Crippen molar-refractivity contribution >= 4 is 23.9 Å². The lowest BCUT2D eigenvalue weighted by atomic mass is 9.77. The first-order valence-corrected chi connectivity index (χ1v) is 17.2. The van der Waals surface area contributed by atoms with E-state index in [1.165, 1.54) is 24.3 Å². The molecule has 4 aromatic carbocycles. The number of carbonyl (C=O) groups is 4. The molecule has 0 saturated carbocycles.